The number of ether oxygens (including phenoxy) is 2. The summed E-state index contributed by atoms with van der Waals surface area (Å²) in [6.45, 7) is 10.2. The Morgan fingerprint density at radius 3 is 2.39 bits per heavy atom. The van der Waals surface area contributed by atoms with Gasteiger partial charge in [-0.25, -0.2) is 9.59 Å². The standard InChI is InChI=1S/C33H40BrN5O5/c1-7-26(27-20-28-29(34)22(2)36-39(28)32(42)38(27)21-23-12-9-8-10-13-23)37(19-11-18-35-31(41)44-33(3,4)5)30(40)24-14-16-25(43-6)17-15-24/h8-10,12-17,20,26H,7,11,18-19,21H2,1-6H3,(H,35,41)/t26-/m1/s1. The van der Waals surface area contributed by atoms with Crippen LogP contribution in [0.3, 0.4) is 0 Å². The SMILES string of the molecule is CC[C@H](c1cc2c(Br)c(C)nn2c(=O)n1Cc1ccccc1)N(CCCNC(=O)OC(C)(C)C)C(=O)c1ccc(OC)cc1. The van der Waals surface area contributed by atoms with Crippen LogP contribution >= 0.6 is 15.9 Å². The van der Waals surface area contributed by atoms with Crippen LogP contribution in [0.5, 0.6) is 5.75 Å². The second kappa shape index (κ2) is 14.1. The van der Waals surface area contributed by atoms with Crippen LogP contribution in [0.15, 0.2) is 69.9 Å². The first-order chi connectivity index (χ1) is 20.9. The maximum atomic E-state index is 14.2. The molecule has 0 bridgehead atoms. The molecular formula is C33H40BrN5O5. The number of alkyl carbamates (subject to hydrolysis) is 1. The van der Waals surface area contributed by atoms with Crippen LogP contribution in [0.4, 0.5) is 4.79 Å². The largest absolute Gasteiger partial charge is 0.497 e. The lowest BCUT2D eigenvalue weighted by Crippen LogP contribution is -2.41. The van der Waals surface area contributed by atoms with E-state index >= 15 is 0 Å². The van der Waals surface area contributed by atoms with Gasteiger partial charge in [0.05, 0.1) is 35.4 Å². The Morgan fingerprint density at radius 1 is 1.09 bits per heavy atom. The monoisotopic (exact) mass is 665 g/mol. The molecule has 2 aromatic carbocycles. The summed E-state index contributed by atoms with van der Waals surface area (Å²) in [5.41, 5.74) is 2.54. The third-order valence-corrected chi connectivity index (χ3v) is 8.14. The number of methoxy groups -OCH3 is 1. The molecule has 0 unspecified atom stereocenters. The number of aryl methyl sites for hydroxylation is 1. The molecule has 0 spiro atoms. The lowest BCUT2D eigenvalue weighted by molar-refractivity contribution is 0.0523. The molecule has 0 aliphatic rings. The molecule has 0 radical (unpaired) electrons. The Morgan fingerprint density at radius 2 is 1.77 bits per heavy atom. The third-order valence-electron chi connectivity index (χ3n) is 7.16. The first kappa shape index (κ1) is 32.8. The number of aromatic nitrogens is 3. The number of rotatable bonds is 11. The first-order valence-corrected chi connectivity index (χ1v) is 15.5. The molecule has 44 heavy (non-hydrogen) atoms. The second-order valence-electron chi connectivity index (χ2n) is 11.6. The molecule has 2 heterocycles. The Hall–Kier alpha value is -4.12. The average Bonchev–Trinajstić information content (AvgIpc) is 3.28. The molecule has 0 fully saturated rings. The fraction of sp³-hybridized carbons (Fsp3) is 0.394. The van der Waals surface area contributed by atoms with E-state index in [9.17, 15) is 14.4 Å². The molecule has 11 heteroatoms. The number of fused-ring (bicyclic) bond motifs is 1. The summed E-state index contributed by atoms with van der Waals surface area (Å²) in [7, 11) is 1.58. The summed E-state index contributed by atoms with van der Waals surface area (Å²) in [6, 6.07) is 18.2. The highest BCUT2D eigenvalue weighted by Crippen LogP contribution is 2.30. The fourth-order valence-electron chi connectivity index (χ4n) is 5.08. The van der Waals surface area contributed by atoms with E-state index in [0.29, 0.717) is 60.7 Å². The Balaban J connectivity index is 1.77. The van der Waals surface area contributed by atoms with Crippen molar-refractivity contribution < 1.29 is 19.1 Å². The smallest absolute Gasteiger partial charge is 0.407 e. The van der Waals surface area contributed by atoms with Gasteiger partial charge in [0.25, 0.3) is 5.91 Å². The minimum Gasteiger partial charge on any atom is -0.497 e. The van der Waals surface area contributed by atoms with Gasteiger partial charge in [0.15, 0.2) is 0 Å². The number of hydrogen-bond acceptors (Lipinski definition) is 6. The van der Waals surface area contributed by atoms with Crippen molar-refractivity contribution >= 4 is 33.4 Å². The van der Waals surface area contributed by atoms with E-state index in [1.54, 1.807) is 61.6 Å². The van der Waals surface area contributed by atoms with Crippen molar-refractivity contribution in [2.45, 2.75) is 65.6 Å². The van der Waals surface area contributed by atoms with Gasteiger partial charge in [-0.15, -0.1) is 0 Å². The summed E-state index contributed by atoms with van der Waals surface area (Å²) in [5.74, 6) is 0.448. The van der Waals surface area contributed by atoms with E-state index in [-0.39, 0.29) is 11.6 Å². The number of hydrogen-bond donors (Lipinski definition) is 1. The van der Waals surface area contributed by atoms with Crippen molar-refractivity contribution in [1.82, 2.24) is 24.4 Å². The van der Waals surface area contributed by atoms with Gasteiger partial charge in [-0.2, -0.15) is 9.61 Å². The number of nitrogens with one attached hydrogen (secondary N) is 1. The van der Waals surface area contributed by atoms with Crippen molar-refractivity contribution in [1.29, 1.82) is 0 Å². The van der Waals surface area contributed by atoms with Gasteiger partial charge < -0.3 is 19.7 Å². The van der Waals surface area contributed by atoms with Gasteiger partial charge in [0.1, 0.15) is 11.4 Å². The molecule has 1 atom stereocenters. The normalized spacial score (nSPS) is 12.2. The minimum absolute atomic E-state index is 0.195. The zero-order valence-corrected chi connectivity index (χ0v) is 27.7. The molecule has 2 aromatic heterocycles. The predicted molar refractivity (Wildman–Crippen MR) is 173 cm³/mol. The Bertz CT molecular complexity index is 1660. The second-order valence-corrected chi connectivity index (χ2v) is 12.3. The number of amides is 2. The Labute approximate surface area is 266 Å². The molecule has 10 nitrogen and oxygen atoms in total. The molecular weight excluding hydrogens is 626 g/mol. The van der Waals surface area contributed by atoms with E-state index < -0.39 is 17.7 Å². The van der Waals surface area contributed by atoms with Crippen molar-refractivity contribution in [2.75, 3.05) is 20.2 Å². The van der Waals surface area contributed by atoms with Gasteiger partial charge >= 0.3 is 11.8 Å². The van der Waals surface area contributed by atoms with Gasteiger partial charge in [-0.1, -0.05) is 37.3 Å². The number of benzene rings is 2. The number of carbonyl (C=O) groups excluding carboxylic acids is 2. The molecule has 234 valence electrons. The van der Waals surface area contributed by atoms with Gasteiger partial charge in [0, 0.05) is 24.3 Å². The quantitative estimate of drug-likeness (QED) is 0.193. The van der Waals surface area contributed by atoms with E-state index in [1.807, 2.05) is 50.2 Å². The van der Waals surface area contributed by atoms with E-state index in [4.69, 9.17) is 9.47 Å². The van der Waals surface area contributed by atoms with Crippen molar-refractivity contribution in [3.8, 4) is 5.75 Å². The Kier molecular flexibility index (Phi) is 10.5. The summed E-state index contributed by atoms with van der Waals surface area (Å²) in [6.07, 6.45) is 0.495. The minimum atomic E-state index is -0.616. The fourth-order valence-corrected chi connectivity index (χ4v) is 5.44. The maximum Gasteiger partial charge on any atom is 0.407 e. The topological polar surface area (TPSA) is 107 Å². The molecule has 4 aromatic rings. The van der Waals surface area contributed by atoms with Crippen LogP contribution in [-0.2, 0) is 11.3 Å². The number of carbonyl (C=O) groups is 2. The van der Waals surface area contributed by atoms with Crippen LogP contribution < -0.4 is 15.7 Å². The zero-order chi connectivity index (χ0) is 32.0. The summed E-state index contributed by atoms with van der Waals surface area (Å²) >= 11 is 3.61. The van der Waals surface area contributed by atoms with Gasteiger partial charge in [-0.3, -0.25) is 9.36 Å². The van der Waals surface area contributed by atoms with Crippen molar-refractivity contribution in [3.05, 3.63) is 98.1 Å². The summed E-state index contributed by atoms with van der Waals surface area (Å²) < 4.78 is 14.5. The third kappa shape index (κ3) is 7.68. The molecule has 4 rings (SSSR count). The van der Waals surface area contributed by atoms with Gasteiger partial charge in [0.2, 0.25) is 0 Å². The van der Waals surface area contributed by atoms with Crippen LogP contribution in [0.25, 0.3) is 5.52 Å². The molecule has 0 aliphatic heterocycles. The molecule has 0 saturated carbocycles. The van der Waals surface area contributed by atoms with Crippen molar-refractivity contribution in [2.24, 2.45) is 0 Å². The van der Waals surface area contributed by atoms with Crippen LogP contribution in [0, 0.1) is 6.92 Å². The first-order valence-electron chi connectivity index (χ1n) is 14.7. The maximum absolute atomic E-state index is 14.2. The lowest BCUT2D eigenvalue weighted by atomic mass is 10.0. The molecule has 1 N–H and O–H groups in total. The predicted octanol–water partition coefficient (Wildman–Crippen LogP) is 6.13. The van der Waals surface area contributed by atoms with Crippen LogP contribution in [0.2, 0.25) is 0 Å². The molecule has 2 amide bonds. The highest BCUT2D eigenvalue weighted by Gasteiger charge is 2.29. The van der Waals surface area contributed by atoms with Crippen molar-refractivity contribution in [3.63, 3.8) is 0 Å². The highest BCUT2D eigenvalue weighted by atomic mass is 79.9. The number of nitrogens with zero attached hydrogens (tertiary/aromatic N) is 4. The van der Waals surface area contributed by atoms with E-state index in [0.717, 1.165) is 10.0 Å². The molecule has 0 saturated heterocycles. The lowest BCUT2D eigenvalue weighted by Gasteiger charge is -2.33. The average molecular weight is 667 g/mol. The van der Waals surface area contributed by atoms with E-state index in [1.165, 1.54) is 4.52 Å². The van der Waals surface area contributed by atoms with E-state index in [2.05, 4.69) is 26.3 Å². The molecule has 0 aliphatic carbocycles. The van der Waals surface area contributed by atoms with Crippen LogP contribution in [-0.4, -0.2) is 56.9 Å². The highest BCUT2D eigenvalue weighted by molar-refractivity contribution is 9.10. The van der Waals surface area contributed by atoms with Gasteiger partial charge in [-0.05, 0) is 92.4 Å². The summed E-state index contributed by atoms with van der Waals surface area (Å²) in [5, 5.41) is 7.26. The number of halogens is 1. The zero-order valence-electron chi connectivity index (χ0n) is 26.1. The summed E-state index contributed by atoms with van der Waals surface area (Å²) in [4.78, 5) is 42.2. The van der Waals surface area contributed by atoms with Crippen LogP contribution in [0.1, 0.15) is 73.9 Å².